The van der Waals surface area contributed by atoms with Crippen LogP contribution in [-0.4, -0.2) is 51.0 Å². The van der Waals surface area contributed by atoms with Crippen LogP contribution in [0, 0.1) is 0 Å². The first-order valence-electron chi connectivity index (χ1n) is 7.36. The molecule has 0 unspecified atom stereocenters. The molecule has 0 atom stereocenters. The molecule has 1 aliphatic rings. The molecule has 1 aliphatic heterocycles. The summed E-state index contributed by atoms with van der Waals surface area (Å²) < 4.78 is 41.9. The number of sulfonamides is 1. The zero-order valence-corrected chi connectivity index (χ0v) is 14.4. The van der Waals surface area contributed by atoms with Gasteiger partial charge in [-0.25, -0.2) is 17.7 Å². The molecule has 0 saturated carbocycles. The average molecular weight is 364 g/mol. The summed E-state index contributed by atoms with van der Waals surface area (Å²) in [7, 11) is -1.45. The molecule has 0 bridgehead atoms. The Morgan fingerprint density at radius 2 is 1.88 bits per heavy atom. The number of rotatable bonds is 4. The molecule has 1 aromatic carbocycles. The van der Waals surface area contributed by atoms with Crippen LogP contribution >= 0.6 is 0 Å². The van der Waals surface area contributed by atoms with Gasteiger partial charge in [-0.2, -0.15) is 0 Å². The standard InChI is InChI=1S/C16H16N2O6S/c1-18(16(19)11-5-6-17-15(9-11)22-2)25(20,21)12-3-4-13-14(10-12)24-8-7-23-13/h3-6,9-10H,7-8H2,1-2H3. The van der Waals surface area contributed by atoms with E-state index in [2.05, 4.69) is 4.98 Å². The molecule has 1 amide bonds. The van der Waals surface area contributed by atoms with Crippen molar-refractivity contribution in [3.8, 4) is 17.4 Å². The van der Waals surface area contributed by atoms with E-state index in [1.807, 2.05) is 0 Å². The van der Waals surface area contributed by atoms with Crippen molar-refractivity contribution in [2.75, 3.05) is 27.4 Å². The third kappa shape index (κ3) is 3.22. The van der Waals surface area contributed by atoms with E-state index in [1.54, 1.807) is 0 Å². The summed E-state index contributed by atoms with van der Waals surface area (Å²) in [6, 6.07) is 7.02. The minimum absolute atomic E-state index is 0.0615. The SMILES string of the molecule is COc1cc(C(=O)N(C)S(=O)(=O)c2ccc3c(c2)OCCO3)ccn1. The second-order valence-corrected chi connectivity index (χ2v) is 7.14. The number of carbonyl (C=O) groups is 1. The topological polar surface area (TPSA) is 95.0 Å². The number of hydrogen-bond acceptors (Lipinski definition) is 7. The molecule has 0 fully saturated rings. The monoisotopic (exact) mass is 364 g/mol. The number of methoxy groups -OCH3 is 1. The lowest BCUT2D eigenvalue weighted by molar-refractivity contribution is 0.0882. The average Bonchev–Trinajstić information content (AvgIpc) is 2.66. The van der Waals surface area contributed by atoms with Gasteiger partial charge in [0.1, 0.15) is 13.2 Å². The van der Waals surface area contributed by atoms with Gasteiger partial charge in [-0.15, -0.1) is 0 Å². The molecule has 0 spiro atoms. The van der Waals surface area contributed by atoms with E-state index < -0.39 is 15.9 Å². The summed E-state index contributed by atoms with van der Waals surface area (Å²) in [5.41, 5.74) is 0.149. The molecule has 1 aromatic heterocycles. The zero-order valence-electron chi connectivity index (χ0n) is 13.6. The van der Waals surface area contributed by atoms with E-state index >= 15 is 0 Å². The Labute approximate surface area is 145 Å². The lowest BCUT2D eigenvalue weighted by Crippen LogP contribution is -2.33. The quantitative estimate of drug-likeness (QED) is 0.807. The number of amides is 1. The van der Waals surface area contributed by atoms with Gasteiger partial charge in [-0.1, -0.05) is 0 Å². The molecule has 132 valence electrons. The Morgan fingerprint density at radius 1 is 1.16 bits per heavy atom. The van der Waals surface area contributed by atoms with Crippen LogP contribution in [0.3, 0.4) is 0 Å². The molecule has 8 nitrogen and oxygen atoms in total. The van der Waals surface area contributed by atoms with E-state index in [-0.39, 0.29) is 16.3 Å². The van der Waals surface area contributed by atoms with Crippen LogP contribution in [-0.2, 0) is 10.0 Å². The first-order chi connectivity index (χ1) is 11.9. The van der Waals surface area contributed by atoms with Gasteiger partial charge in [0.2, 0.25) is 5.88 Å². The Bertz CT molecular complexity index is 913. The molecule has 25 heavy (non-hydrogen) atoms. The number of carbonyl (C=O) groups excluding carboxylic acids is 1. The molecule has 0 saturated heterocycles. The molecule has 3 rings (SSSR count). The first kappa shape index (κ1) is 17.0. The number of benzene rings is 1. The van der Waals surface area contributed by atoms with Crippen LogP contribution in [0.25, 0.3) is 0 Å². The van der Waals surface area contributed by atoms with Gasteiger partial charge in [0.05, 0.1) is 12.0 Å². The van der Waals surface area contributed by atoms with Crippen LogP contribution in [0.2, 0.25) is 0 Å². The van der Waals surface area contributed by atoms with E-state index in [0.717, 1.165) is 0 Å². The molecule has 9 heteroatoms. The highest BCUT2D eigenvalue weighted by atomic mass is 32.2. The molecule has 2 aromatic rings. The third-order valence-corrected chi connectivity index (χ3v) is 5.39. The highest BCUT2D eigenvalue weighted by Crippen LogP contribution is 2.33. The fraction of sp³-hybridized carbons (Fsp3) is 0.250. The van der Waals surface area contributed by atoms with Crippen molar-refractivity contribution in [3.05, 3.63) is 42.1 Å². The van der Waals surface area contributed by atoms with Crippen LogP contribution in [0.4, 0.5) is 0 Å². The minimum atomic E-state index is -4.05. The second-order valence-electron chi connectivity index (χ2n) is 5.17. The highest BCUT2D eigenvalue weighted by molar-refractivity contribution is 7.89. The van der Waals surface area contributed by atoms with Crippen molar-refractivity contribution in [3.63, 3.8) is 0 Å². The maximum atomic E-state index is 12.7. The van der Waals surface area contributed by atoms with Crippen molar-refractivity contribution in [2.45, 2.75) is 4.90 Å². The molecule has 0 aliphatic carbocycles. The largest absolute Gasteiger partial charge is 0.486 e. The summed E-state index contributed by atoms with van der Waals surface area (Å²) in [6.45, 7) is 0.740. The van der Waals surface area contributed by atoms with Gasteiger partial charge in [0.15, 0.2) is 11.5 Å². The van der Waals surface area contributed by atoms with Gasteiger partial charge in [-0.3, -0.25) is 4.79 Å². The first-order valence-corrected chi connectivity index (χ1v) is 8.80. The summed E-state index contributed by atoms with van der Waals surface area (Å²) in [6.07, 6.45) is 1.37. The zero-order chi connectivity index (χ0) is 18.0. The minimum Gasteiger partial charge on any atom is -0.486 e. The van der Waals surface area contributed by atoms with Crippen LogP contribution < -0.4 is 14.2 Å². The van der Waals surface area contributed by atoms with Gasteiger partial charge in [-0.05, 0) is 18.2 Å². The number of fused-ring (bicyclic) bond motifs is 1. The van der Waals surface area contributed by atoms with Crippen LogP contribution in [0.15, 0.2) is 41.4 Å². The van der Waals surface area contributed by atoms with E-state index in [0.29, 0.717) is 29.0 Å². The summed E-state index contributed by atoms with van der Waals surface area (Å²) in [5.74, 6) is 0.323. The number of aromatic nitrogens is 1. The van der Waals surface area contributed by atoms with Crippen molar-refractivity contribution < 1.29 is 27.4 Å². The van der Waals surface area contributed by atoms with Gasteiger partial charge >= 0.3 is 0 Å². The van der Waals surface area contributed by atoms with Crippen molar-refractivity contribution in [1.82, 2.24) is 9.29 Å². The smallest absolute Gasteiger partial charge is 0.267 e. The fourth-order valence-corrected chi connectivity index (χ4v) is 3.42. The van der Waals surface area contributed by atoms with Crippen molar-refractivity contribution in [1.29, 1.82) is 0 Å². The number of nitrogens with zero attached hydrogens (tertiary/aromatic N) is 2. The maximum Gasteiger partial charge on any atom is 0.267 e. The molecule has 2 heterocycles. The predicted molar refractivity (Wildman–Crippen MR) is 87.5 cm³/mol. The number of pyridine rings is 1. The number of hydrogen-bond donors (Lipinski definition) is 0. The Balaban J connectivity index is 1.92. The van der Waals surface area contributed by atoms with Crippen LogP contribution in [0.5, 0.6) is 17.4 Å². The van der Waals surface area contributed by atoms with Gasteiger partial charge in [0, 0.05) is 30.9 Å². The van der Waals surface area contributed by atoms with Gasteiger partial charge < -0.3 is 14.2 Å². The third-order valence-electron chi connectivity index (χ3n) is 3.65. The summed E-state index contributed by atoms with van der Waals surface area (Å²) in [4.78, 5) is 16.4. The predicted octanol–water partition coefficient (Wildman–Crippen LogP) is 1.32. The molecular formula is C16H16N2O6S. The molecule has 0 N–H and O–H groups in total. The van der Waals surface area contributed by atoms with Crippen molar-refractivity contribution in [2.24, 2.45) is 0 Å². The lowest BCUT2D eigenvalue weighted by Gasteiger charge is -2.21. The molecule has 0 radical (unpaired) electrons. The summed E-state index contributed by atoms with van der Waals surface area (Å²) >= 11 is 0. The lowest BCUT2D eigenvalue weighted by atomic mass is 10.2. The Morgan fingerprint density at radius 3 is 2.60 bits per heavy atom. The summed E-state index contributed by atoms with van der Waals surface area (Å²) in [5, 5.41) is 0. The number of ether oxygens (including phenoxy) is 3. The fourth-order valence-electron chi connectivity index (χ4n) is 2.29. The normalized spacial score (nSPS) is 13.2. The van der Waals surface area contributed by atoms with E-state index in [4.69, 9.17) is 14.2 Å². The van der Waals surface area contributed by atoms with Crippen molar-refractivity contribution >= 4 is 15.9 Å². The van der Waals surface area contributed by atoms with Gasteiger partial charge in [0.25, 0.3) is 15.9 Å². The van der Waals surface area contributed by atoms with E-state index in [9.17, 15) is 13.2 Å². The second kappa shape index (κ2) is 6.60. The Hall–Kier alpha value is -2.81. The highest BCUT2D eigenvalue weighted by Gasteiger charge is 2.28. The molecular weight excluding hydrogens is 348 g/mol. The maximum absolute atomic E-state index is 12.7. The Kier molecular flexibility index (Phi) is 4.49. The van der Waals surface area contributed by atoms with Crippen LogP contribution in [0.1, 0.15) is 10.4 Å². The van der Waals surface area contributed by atoms with E-state index in [1.165, 1.54) is 50.7 Å².